The number of nitrogens with zero attached hydrogens (tertiary/aromatic N) is 3. The average molecular weight is 224 g/mol. The highest BCUT2D eigenvalue weighted by molar-refractivity contribution is 5.82. The van der Waals surface area contributed by atoms with Gasteiger partial charge < -0.3 is 5.73 Å². The first-order valence-electron chi connectivity index (χ1n) is 5.41. The number of fused-ring (bicyclic) bond motifs is 1. The van der Waals surface area contributed by atoms with Crippen molar-refractivity contribution in [1.29, 1.82) is 0 Å². The zero-order chi connectivity index (χ0) is 11.8. The number of rotatable bonds is 1. The van der Waals surface area contributed by atoms with E-state index in [2.05, 4.69) is 10.1 Å². The Hall–Kier alpha value is -2.36. The molecule has 0 fully saturated rings. The van der Waals surface area contributed by atoms with Gasteiger partial charge in [0, 0.05) is 18.0 Å². The number of anilines is 1. The normalized spacial score (nSPS) is 10.9. The van der Waals surface area contributed by atoms with Gasteiger partial charge in [-0.2, -0.15) is 5.10 Å². The van der Waals surface area contributed by atoms with Crippen molar-refractivity contribution in [2.75, 3.05) is 5.73 Å². The number of hydrogen-bond acceptors (Lipinski definition) is 3. The number of aryl methyl sites for hydroxylation is 1. The molecule has 2 heterocycles. The Bertz CT molecular complexity index is 670. The third-order valence-electron chi connectivity index (χ3n) is 2.68. The second kappa shape index (κ2) is 3.59. The van der Waals surface area contributed by atoms with Gasteiger partial charge in [0.15, 0.2) is 5.65 Å². The number of nitrogens with two attached hydrogens (primary N) is 1. The van der Waals surface area contributed by atoms with Crippen LogP contribution in [0.5, 0.6) is 0 Å². The first-order chi connectivity index (χ1) is 8.25. The monoisotopic (exact) mass is 224 g/mol. The van der Waals surface area contributed by atoms with Crippen molar-refractivity contribution in [3.05, 3.63) is 48.3 Å². The molecule has 0 bridgehead atoms. The molecule has 0 aliphatic heterocycles. The minimum atomic E-state index is 0.621. The van der Waals surface area contributed by atoms with E-state index in [1.807, 2.05) is 43.5 Å². The SMILES string of the molecule is Cc1cnc2c(N)c(-c3ccccc3)nn2c1. The molecule has 0 unspecified atom stereocenters. The maximum absolute atomic E-state index is 6.08. The first-order valence-corrected chi connectivity index (χ1v) is 5.41. The summed E-state index contributed by atoms with van der Waals surface area (Å²) < 4.78 is 1.73. The lowest BCUT2D eigenvalue weighted by Gasteiger charge is -1.95. The van der Waals surface area contributed by atoms with E-state index >= 15 is 0 Å². The number of nitrogen functional groups attached to an aromatic ring is 1. The van der Waals surface area contributed by atoms with E-state index < -0.39 is 0 Å². The third kappa shape index (κ3) is 1.54. The van der Waals surface area contributed by atoms with Crippen molar-refractivity contribution in [1.82, 2.24) is 14.6 Å². The fourth-order valence-corrected chi connectivity index (χ4v) is 1.86. The molecule has 17 heavy (non-hydrogen) atoms. The highest BCUT2D eigenvalue weighted by Gasteiger charge is 2.11. The lowest BCUT2D eigenvalue weighted by molar-refractivity contribution is 0.931. The summed E-state index contributed by atoms with van der Waals surface area (Å²) in [5.74, 6) is 0. The summed E-state index contributed by atoms with van der Waals surface area (Å²) in [5, 5.41) is 4.47. The van der Waals surface area contributed by atoms with Crippen molar-refractivity contribution >= 4 is 11.3 Å². The molecule has 4 nitrogen and oxygen atoms in total. The van der Waals surface area contributed by atoms with E-state index in [1.165, 1.54) is 0 Å². The van der Waals surface area contributed by atoms with Gasteiger partial charge in [-0.15, -0.1) is 0 Å². The fourth-order valence-electron chi connectivity index (χ4n) is 1.86. The van der Waals surface area contributed by atoms with Gasteiger partial charge in [-0.3, -0.25) is 0 Å². The summed E-state index contributed by atoms with van der Waals surface area (Å²) in [5.41, 5.74) is 10.2. The van der Waals surface area contributed by atoms with Crippen molar-refractivity contribution < 1.29 is 0 Å². The van der Waals surface area contributed by atoms with Crippen molar-refractivity contribution in [3.63, 3.8) is 0 Å². The van der Waals surface area contributed by atoms with E-state index in [0.717, 1.165) is 16.8 Å². The van der Waals surface area contributed by atoms with Gasteiger partial charge in [0.25, 0.3) is 0 Å². The van der Waals surface area contributed by atoms with Gasteiger partial charge in [-0.1, -0.05) is 30.3 Å². The minimum absolute atomic E-state index is 0.621. The zero-order valence-corrected chi connectivity index (χ0v) is 9.46. The van der Waals surface area contributed by atoms with Crippen LogP contribution >= 0.6 is 0 Å². The lowest BCUT2D eigenvalue weighted by Crippen LogP contribution is -1.92. The molecule has 4 heteroatoms. The van der Waals surface area contributed by atoms with Crippen molar-refractivity contribution in [3.8, 4) is 11.3 Å². The molecule has 3 aromatic rings. The van der Waals surface area contributed by atoms with Crippen LogP contribution in [0.3, 0.4) is 0 Å². The van der Waals surface area contributed by atoms with Crippen LogP contribution in [-0.2, 0) is 0 Å². The topological polar surface area (TPSA) is 56.2 Å². The second-order valence-corrected chi connectivity index (χ2v) is 4.03. The molecule has 0 amide bonds. The predicted molar refractivity (Wildman–Crippen MR) is 67.6 cm³/mol. The lowest BCUT2D eigenvalue weighted by atomic mass is 10.1. The van der Waals surface area contributed by atoms with Crippen LogP contribution in [0.25, 0.3) is 16.9 Å². The Labute approximate surface area is 98.7 Å². The second-order valence-electron chi connectivity index (χ2n) is 4.03. The molecule has 0 aliphatic rings. The van der Waals surface area contributed by atoms with Gasteiger partial charge in [0.2, 0.25) is 0 Å². The Balaban J connectivity index is 2.28. The number of aromatic nitrogens is 3. The van der Waals surface area contributed by atoms with Crippen LogP contribution in [0.15, 0.2) is 42.7 Å². The van der Waals surface area contributed by atoms with Crippen LogP contribution in [0.1, 0.15) is 5.56 Å². The Morgan fingerprint density at radius 2 is 1.94 bits per heavy atom. The third-order valence-corrected chi connectivity index (χ3v) is 2.68. The Kier molecular flexibility index (Phi) is 2.08. The molecule has 0 atom stereocenters. The molecule has 0 aliphatic carbocycles. The molecule has 84 valence electrons. The highest BCUT2D eigenvalue weighted by atomic mass is 15.3. The van der Waals surface area contributed by atoms with E-state index in [4.69, 9.17) is 5.73 Å². The van der Waals surface area contributed by atoms with Gasteiger partial charge >= 0.3 is 0 Å². The van der Waals surface area contributed by atoms with Crippen LogP contribution in [0.2, 0.25) is 0 Å². The summed E-state index contributed by atoms with van der Waals surface area (Å²) in [6.07, 6.45) is 3.72. The van der Waals surface area contributed by atoms with Crippen molar-refractivity contribution in [2.24, 2.45) is 0 Å². The molecular formula is C13H12N4. The molecule has 2 aromatic heterocycles. The van der Waals surface area contributed by atoms with E-state index in [1.54, 1.807) is 10.7 Å². The largest absolute Gasteiger partial charge is 0.394 e. The summed E-state index contributed by atoms with van der Waals surface area (Å²) in [6.45, 7) is 1.98. The standard InChI is InChI=1S/C13H12N4/c1-9-7-15-13-11(14)12(16-17(13)8-9)10-5-3-2-4-6-10/h2-8H,14H2,1H3. The van der Waals surface area contributed by atoms with Crippen LogP contribution in [-0.4, -0.2) is 14.6 Å². The van der Waals surface area contributed by atoms with Gasteiger partial charge in [0.1, 0.15) is 11.4 Å². The molecule has 3 rings (SSSR count). The molecule has 0 spiro atoms. The summed E-state index contributed by atoms with van der Waals surface area (Å²) in [4.78, 5) is 4.30. The summed E-state index contributed by atoms with van der Waals surface area (Å²) in [6, 6.07) is 9.89. The van der Waals surface area contributed by atoms with E-state index in [-0.39, 0.29) is 0 Å². The Morgan fingerprint density at radius 1 is 1.18 bits per heavy atom. The average Bonchev–Trinajstić information content (AvgIpc) is 2.67. The maximum atomic E-state index is 6.08. The van der Waals surface area contributed by atoms with Crippen LogP contribution in [0.4, 0.5) is 5.69 Å². The minimum Gasteiger partial charge on any atom is -0.394 e. The molecular weight excluding hydrogens is 212 g/mol. The molecule has 0 saturated heterocycles. The fraction of sp³-hybridized carbons (Fsp3) is 0.0769. The zero-order valence-electron chi connectivity index (χ0n) is 9.46. The van der Waals surface area contributed by atoms with Gasteiger partial charge in [0.05, 0.1) is 0 Å². The Morgan fingerprint density at radius 3 is 2.71 bits per heavy atom. The quantitative estimate of drug-likeness (QED) is 0.690. The number of benzene rings is 1. The van der Waals surface area contributed by atoms with E-state index in [9.17, 15) is 0 Å². The van der Waals surface area contributed by atoms with Crippen LogP contribution in [0, 0.1) is 6.92 Å². The smallest absolute Gasteiger partial charge is 0.178 e. The van der Waals surface area contributed by atoms with Gasteiger partial charge in [-0.05, 0) is 12.5 Å². The first kappa shape index (κ1) is 9.84. The maximum Gasteiger partial charge on any atom is 0.178 e. The van der Waals surface area contributed by atoms with Gasteiger partial charge in [-0.25, -0.2) is 9.50 Å². The summed E-state index contributed by atoms with van der Waals surface area (Å²) in [7, 11) is 0. The number of hydrogen-bond donors (Lipinski definition) is 1. The molecule has 0 saturated carbocycles. The van der Waals surface area contributed by atoms with E-state index in [0.29, 0.717) is 11.3 Å². The van der Waals surface area contributed by atoms with Crippen molar-refractivity contribution in [2.45, 2.75) is 6.92 Å². The molecule has 0 radical (unpaired) electrons. The summed E-state index contributed by atoms with van der Waals surface area (Å²) >= 11 is 0. The molecule has 2 N–H and O–H groups in total. The predicted octanol–water partition coefficient (Wildman–Crippen LogP) is 2.29. The molecule has 1 aromatic carbocycles. The highest BCUT2D eigenvalue weighted by Crippen LogP contribution is 2.26. The van der Waals surface area contributed by atoms with Crippen LogP contribution < -0.4 is 5.73 Å².